The van der Waals surface area contributed by atoms with Gasteiger partial charge in [0, 0.05) is 43.9 Å². The van der Waals surface area contributed by atoms with Crippen molar-refractivity contribution >= 4 is 72.9 Å². The summed E-state index contributed by atoms with van der Waals surface area (Å²) < 4.78 is 9.80. The van der Waals surface area contributed by atoms with E-state index in [0.29, 0.717) is 0 Å². The van der Waals surface area contributed by atoms with E-state index in [9.17, 15) is 0 Å². The molecule has 0 saturated heterocycles. The van der Waals surface area contributed by atoms with Gasteiger partial charge in [0.2, 0.25) is 0 Å². The molecule has 0 amide bonds. The summed E-state index contributed by atoms with van der Waals surface area (Å²) in [6.07, 6.45) is 6.83. The molecule has 63 heavy (non-hydrogen) atoms. The molecular weight excluding hydrogens is 763 g/mol. The zero-order valence-corrected chi connectivity index (χ0v) is 36.6. The van der Waals surface area contributed by atoms with Crippen LogP contribution in [0.5, 0.6) is 0 Å². The Balaban J connectivity index is 1.21. The van der Waals surface area contributed by atoms with Crippen LogP contribution in [-0.2, 0) is 18.3 Å². The number of nitrogens with zero attached hydrogens (tertiary/aromatic N) is 2. The highest BCUT2D eigenvalue weighted by atomic mass is 16.3. The first kappa shape index (κ1) is 36.8. The Morgan fingerprint density at radius 1 is 0.571 bits per heavy atom. The van der Waals surface area contributed by atoms with Crippen molar-refractivity contribution in [1.82, 2.24) is 4.57 Å². The number of para-hydroxylation sites is 1. The summed E-state index contributed by atoms with van der Waals surface area (Å²) in [5.41, 5.74) is 24.0. The summed E-state index contributed by atoms with van der Waals surface area (Å²) >= 11 is 0. The molecule has 304 valence electrons. The summed E-state index contributed by atoms with van der Waals surface area (Å²) in [4.78, 5) is 2.70. The van der Waals surface area contributed by atoms with Crippen LogP contribution in [0.4, 0.5) is 11.4 Å². The standard InChI is InChI=1S/C59H49BN2O/c1-5-7-16-36-24-30-50-43(32-36)44-33-37(17-8-6-2)34-49-56(44)61(50)57-55-46(35-45-41-20-13-15-23-52(41)63-58(45)57)54-51(31-29-48-53(54)42-21-12-14-22-47(42)59(48,3)4)62(60(49)55)40-27-25-39(26-28-40)38-18-10-9-11-19-38/h9-15,18-35H,5-8,16-17H2,1-4H3. The van der Waals surface area contributed by atoms with E-state index in [4.69, 9.17) is 4.42 Å². The van der Waals surface area contributed by atoms with Crippen molar-refractivity contribution in [3.05, 3.63) is 174 Å². The number of hydrogen-bond donors (Lipinski definition) is 0. The predicted molar refractivity (Wildman–Crippen MR) is 267 cm³/mol. The van der Waals surface area contributed by atoms with Gasteiger partial charge in [-0.05, 0) is 135 Å². The maximum Gasteiger partial charge on any atom is 0.333 e. The van der Waals surface area contributed by atoms with Crippen LogP contribution < -0.4 is 15.7 Å². The second-order valence-electron chi connectivity index (χ2n) is 18.9. The fourth-order valence-corrected chi connectivity index (χ4v) is 11.9. The number of aromatic nitrogens is 1. The van der Waals surface area contributed by atoms with Crippen molar-refractivity contribution in [3.8, 4) is 39.1 Å². The highest BCUT2D eigenvalue weighted by Gasteiger charge is 2.48. The zero-order chi connectivity index (χ0) is 42.1. The molecule has 0 bridgehead atoms. The minimum absolute atomic E-state index is 0.106. The lowest BCUT2D eigenvalue weighted by molar-refractivity contribution is 0.660. The third-order valence-electron chi connectivity index (χ3n) is 14.9. The van der Waals surface area contributed by atoms with Gasteiger partial charge in [0.1, 0.15) is 5.58 Å². The Morgan fingerprint density at radius 3 is 2.13 bits per heavy atom. The van der Waals surface area contributed by atoms with Gasteiger partial charge in [-0.2, -0.15) is 0 Å². The zero-order valence-electron chi connectivity index (χ0n) is 36.6. The molecular formula is C59H49BN2O. The Morgan fingerprint density at radius 2 is 1.30 bits per heavy atom. The van der Waals surface area contributed by atoms with Gasteiger partial charge in [-0.25, -0.2) is 0 Å². The third kappa shape index (κ3) is 5.10. The van der Waals surface area contributed by atoms with Gasteiger partial charge >= 0.3 is 6.85 Å². The van der Waals surface area contributed by atoms with E-state index in [1.165, 1.54) is 124 Å². The van der Waals surface area contributed by atoms with Crippen molar-refractivity contribution in [1.29, 1.82) is 0 Å². The number of aryl methyl sites for hydroxylation is 2. The Bertz CT molecular complexity index is 3520. The van der Waals surface area contributed by atoms with Crippen molar-refractivity contribution < 1.29 is 4.42 Å². The monoisotopic (exact) mass is 812 g/mol. The SMILES string of the molecule is CCCCc1ccc2c(c1)c1cc(CCCC)cc3c1n2-c1c2c(cc4c1oc1ccccc14)-c1c(ccc4c1-c1ccccc1C4(C)C)N(c1ccc(-c4ccccc4)cc1)B23. The third-order valence-corrected chi connectivity index (χ3v) is 14.9. The van der Waals surface area contributed by atoms with Crippen LogP contribution in [0.25, 0.3) is 82.8 Å². The van der Waals surface area contributed by atoms with E-state index < -0.39 is 0 Å². The van der Waals surface area contributed by atoms with Crippen LogP contribution in [0.15, 0.2) is 156 Å². The summed E-state index contributed by atoms with van der Waals surface area (Å²) in [5, 5.41) is 5.02. The molecule has 0 N–H and O–H groups in total. The molecule has 0 unspecified atom stereocenters. The van der Waals surface area contributed by atoms with Gasteiger partial charge in [-0.3, -0.25) is 0 Å². The first-order valence-corrected chi connectivity index (χ1v) is 23.3. The highest BCUT2D eigenvalue weighted by molar-refractivity contribution is 6.94. The van der Waals surface area contributed by atoms with Crippen molar-refractivity contribution in [2.75, 3.05) is 4.81 Å². The Kier molecular flexibility index (Phi) is 7.96. The number of benzene rings is 8. The molecule has 0 radical (unpaired) electrons. The first-order valence-electron chi connectivity index (χ1n) is 23.3. The normalized spacial score (nSPS) is 14.2. The molecule has 0 spiro atoms. The van der Waals surface area contributed by atoms with Crippen LogP contribution in [0.3, 0.4) is 0 Å². The molecule has 8 aromatic carbocycles. The number of rotatable bonds is 8. The molecule has 3 nitrogen and oxygen atoms in total. The van der Waals surface area contributed by atoms with Gasteiger partial charge in [0.25, 0.3) is 0 Å². The number of unbranched alkanes of at least 4 members (excludes halogenated alkanes) is 2. The maximum absolute atomic E-state index is 7.18. The molecule has 0 atom stereocenters. The minimum Gasteiger partial charge on any atom is -0.454 e. The molecule has 3 aliphatic rings. The molecule has 10 aromatic rings. The highest BCUT2D eigenvalue weighted by Crippen LogP contribution is 2.57. The van der Waals surface area contributed by atoms with E-state index in [0.717, 1.165) is 42.2 Å². The van der Waals surface area contributed by atoms with Crippen LogP contribution in [0.2, 0.25) is 0 Å². The van der Waals surface area contributed by atoms with Crippen molar-refractivity contribution in [2.45, 2.75) is 71.6 Å². The molecule has 0 saturated carbocycles. The molecule has 13 rings (SSSR count). The number of furan rings is 1. The average molecular weight is 813 g/mol. The van der Waals surface area contributed by atoms with Gasteiger partial charge < -0.3 is 13.8 Å². The first-order chi connectivity index (χ1) is 30.9. The minimum atomic E-state index is -0.147. The lowest BCUT2D eigenvalue weighted by atomic mass is 9.43. The van der Waals surface area contributed by atoms with Crippen LogP contribution in [0, 0.1) is 0 Å². The van der Waals surface area contributed by atoms with Crippen LogP contribution in [-0.4, -0.2) is 11.4 Å². The van der Waals surface area contributed by atoms with Crippen LogP contribution >= 0.6 is 0 Å². The fraction of sp³-hybridized carbons (Fsp3) is 0.186. The largest absolute Gasteiger partial charge is 0.454 e. The predicted octanol–water partition coefficient (Wildman–Crippen LogP) is 14.6. The van der Waals surface area contributed by atoms with E-state index in [2.05, 4.69) is 189 Å². The smallest absolute Gasteiger partial charge is 0.333 e. The quantitative estimate of drug-likeness (QED) is 0.143. The molecule has 4 heterocycles. The van der Waals surface area contributed by atoms with E-state index >= 15 is 0 Å². The van der Waals surface area contributed by atoms with Gasteiger partial charge in [0.05, 0.1) is 16.7 Å². The Labute approximate surface area is 369 Å². The molecule has 1 aliphatic carbocycles. The average Bonchev–Trinajstić information content (AvgIpc) is 3.94. The number of fused-ring (bicyclic) bond motifs is 15. The fourth-order valence-electron chi connectivity index (χ4n) is 11.9. The summed E-state index contributed by atoms with van der Waals surface area (Å²) in [6, 6.07) is 57.8. The lowest BCUT2D eigenvalue weighted by Gasteiger charge is -2.43. The molecule has 2 aromatic heterocycles. The summed E-state index contributed by atoms with van der Waals surface area (Å²) in [5.74, 6) is 0. The van der Waals surface area contributed by atoms with Gasteiger partial charge in [-0.15, -0.1) is 0 Å². The van der Waals surface area contributed by atoms with Crippen molar-refractivity contribution in [3.63, 3.8) is 0 Å². The van der Waals surface area contributed by atoms with E-state index in [-0.39, 0.29) is 12.3 Å². The van der Waals surface area contributed by atoms with Crippen molar-refractivity contribution in [2.24, 2.45) is 0 Å². The van der Waals surface area contributed by atoms with E-state index in [1.807, 2.05) is 0 Å². The molecule has 0 fully saturated rings. The summed E-state index contributed by atoms with van der Waals surface area (Å²) in [7, 11) is 0. The number of anilines is 2. The van der Waals surface area contributed by atoms with Crippen LogP contribution in [0.1, 0.15) is 75.6 Å². The van der Waals surface area contributed by atoms with Gasteiger partial charge in [0.15, 0.2) is 5.58 Å². The second kappa shape index (κ2) is 13.6. The second-order valence-corrected chi connectivity index (χ2v) is 18.9. The van der Waals surface area contributed by atoms with E-state index in [1.54, 1.807) is 0 Å². The summed E-state index contributed by atoms with van der Waals surface area (Å²) in [6.45, 7) is 9.31. The molecule has 4 heteroatoms. The Hall–Kier alpha value is -6.78. The van der Waals surface area contributed by atoms with Gasteiger partial charge in [-0.1, -0.05) is 144 Å². The maximum atomic E-state index is 7.18. The topological polar surface area (TPSA) is 21.3 Å². The number of hydrogen-bond acceptors (Lipinski definition) is 2. The molecule has 2 aliphatic heterocycles. The lowest BCUT2D eigenvalue weighted by Crippen LogP contribution is -2.60.